The Labute approximate surface area is 129 Å². The van der Waals surface area contributed by atoms with E-state index < -0.39 is 0 Å². The summed E-state index contributed by atoms with van der Waals surface area (Å²) in [6.45, 7) is 2.84. The van der Waals surface area contributed by atoms with Gasteiger partial charge in [-0.25, -0.2) is 0 Å². The zero-order valence-electron chi connectivity index (χ0n) is 9.81. The lowest BCUT2D eigenvalue weighted by Crippen LogP contribution is -2.00. The summed E-state index contributed by atoms with van der Waals surface area (Å²) < 4.78 is 2.03. The van der Waals surface area contributed by atoms with Gasteiger partial charge < -0.3 is 5.32 Å². The zero-order chi connectivity index (χ0) is 13.1. The first-order chi connectivity index (χ1) is 8.56. The van der Waals surface area contributed by atoms with Crippen LogP contribution in [0.4, 0.5) is 5.69 Å². The summed E-state index contributed by atoms with van der Waals surface area (Å²) in [5.41, 5.74) is 3.48. The van der Waals surface area contributed by atoms with E-state index in [-0.39, 0.29) is 0 Å². The van der Waals surface area contributed by atoms with Crippen LogP contribution in [-0.4, -0.2) is 0 Å². The first-order valence-electron chi connectivity index (χ1n) is 5.50. The molecule has 0 amide bonds. The Bertz CT molecular complexity index is 570. The molecule has 0 unspecified atom stereocenters. The van der Waals surface area contributed by atoms with E-state index in [0.717, 1.165) is 21.2 Å². The van der Waals surface area contributed by atoms with Gasteiger partial charge in [-0.15, -0.1) is 0 Å². The van der Waals surface area contributed by atoms with E-state index in [0.29, 0.717) is 5.02 Å². The van der Waals surface area contributed by atoms with Crippen molar-refractivity contribution in [3.05, 3.63) is 61.5 Å². The second-order valence-electron chi connectivity index (χ2n) is 4.08. The fraction of sp³-hybridized carbons (Fsp3) is 0.143. The maximum absolute atomic E-state index is 6.05. The van der Waals surface area contributed by atoms with Crippen molar-refractivity contribution in [3.63, 3.8) is 0 Å². The van der Waals surface area contributed by atoms with Crippen molar-refractivity contribution in [2.75, 3.05) is 5.32 Å². The normalized spacial score (nSPS) is 10.4. The van der Waals surface area contributed by atoms with E-state index >= 15 is 0 Å². The number of nitrogens with one attached hydrogen (secondary N) is 1. The molecule has 0 heterocycles. The van der Waals surface area contributed by atoms with Crippen LogP contribution in [0.3, 0.4) is 0 Å². The second-order valence-corrected chi connectivity index (χ2v) is 6.19. The molecule has 2 rings (SSSR count). The van der Waals surface area contributed by atoms with Crippen LogP contribution in [0.5, 0.6) is 0 Å². The van der Waals surface area contributed by atoms with Crippen molar-refractivity contribution in [2.45, 2.75) is 13.5 Å². The monoisotopic (exact) mass is 387 g/mol. The van der Waals surface area contributed by atoms with Gasteiger partial charge in [-0.3, -0.25) is 0 Å². The number of halogens is 3. The van der Waals surface area contributed by atoms with Crippen molar-refractivity contribution in [1.82, 2.24) is 0 Å². The molecule has 0 aliphatic carbocycles. The van der Waals surface area contributed by atoms with Crippen LogP contribution in [0, 0.1) is 6.92 Å². The van der Waals surface area contributed by atoms with Crippen molar-refractivity contribution in [1.29, 1.82) is 0 Å². The Morgan fingerprint density at radius 2 is 1.83 bits per heavy atom. The highest BCUT2D eigenvalue weighted by Crippen LogP contribution is 2.26. The molecule has 0 aliphatic heterocycles. The summed E-state index contributed by atoms with van der Waals surface area (Å²) in [7, 11) is 0. The fourth-order valence-corrected chi connectivity index (χ4v) is 2.66. The predicted molar refractivity (Wildman–Crippen MR) is 85.4 cm³/mol. The van der Waals surface area contributed by atoms with Crippen molar-refractivity contribution in [2.24, 2.45) is 0 Å². The standard InChI is InChI=1S/C14H12Br2ClN/c1-9-2-3-10(13(16)6-9)8-18-11-4-5-12(15)14(17)7-11/h2-7,18H,8H2,1H3. The average Bonchev–Trinajstić information content (AvgIpc) is 2.32. The molecular weight excluding hydrogens is 377 g/mol. The van der Waals surface area contributed by atoms with E-state index in [9.17, 15) is 0 Å². The molecule has 0 fully saturated rings. The Morgan fingerprint density at radius 3 is 2.50 bits per heavy atom. The van der Waals surface area contributed by atoms with E-state index in [1.807, 2.05) is 18.2 Å². The maximum atomic E-state index is 6.05. The summed E-state index contributed by atoms with van der Waals surface area (Å²) in [4.78, 5) is 0. The molecule has 18 heavy (non-hydrogen) atoms. The van der Waals surface area contributed by atoms with E-state index in [2.05, 4.69) is 62.3 Å². The van der Waals surface area contributed by atoms with E-state index in [1.165, 1.54) is 11.1 Å². The third-order valence-corrected chi connectivity index (χ3v) is 4.58. The number of hydrogen-bond acceptors (Lipinski definition) is 1. The van der Waals surface area contributed by atoms with Gasteiger partial charge in [0.25, 0.3) is 0 Å². The smallest absolute Gasteiger partial charge is 0.0568 e. The number of hydrogen-bond donors (Lipinski definition) is 1. The molecule has 0 radical (unpaired) electrons. The predicted octanol–water partition coefficient (Wildman–Crippen LogP) is 5.79. The van der Waals surface area contributed by atoms with Gasteiger partial charge in [0.2, 0.25) is 0 Å². The summed E-state index contributed by atoms with van der Waals surface area (Å²) in [5.74, 6) is 0. The number of aryl methyl sites for hydroxylation is 1. The van der Waals surface area contributed by atoms with Crippen LogP contribution >= 0.6 is 43.5 Å². The Hall–Kier alpha value is -0.510. The number of anilines is 1. The number of rotatable bonds is 3. The SMILES string of the molecule is Cc1ccc(CNc2ccc(Br)c(Cl)c2)c(Br)c1. The molecular formula is C14H12Br2ClN. The fourth-order valence-electron chi connectivity index (χ4n) is 1.60. The van der Waals surface area contributed by atoms with Crippen LogP contribution in [0.2, 0.25) is 5.02 Å². The van der Waals surface area contributed by atoms with Gasteiger partial charge in [0.05, 0.1) is 5.02 Å². The zero-order valence-corrected chi connectivity index (χ0v) is 13.7. The minimum absolute atomic E-state index is 0.711. The molecule has 0 atom stereocenters. The van der Waals surface area contributed by atoms with Crippen LogP contribution in [-0.2, 0) is 6.54 Å². The topological polar surface area (TPSA) is 12.0 Å². The Kier molecular flexibility index (Phi) is 4.71. The molecule has 0 spiro atoms. The molecule has 2 aromatic carbocycles. The summed E-state index contributed by atoms with van der Waals surface area (Å²) in [6.07, 6.45) is 0. The summed E-state index contributed by atoms with van der Waals surface area (Å²) in [5, 5.41) is 4.07. The summed E-state index contributed by atoms with van der Waals surface area (Å²) >= 11 is 13.0. The van der Waals surface area contributed by atoms with Gasteiger partial charge in [0.15, 0.2) is 0 Å². The molecule has 0 saturated heterocycles. The Balaban J connectivity index is 2.09. The van der Waals surface area contributed by atoms with Gasteiger partial charge in [0.1, 0.15) is 0 Å². The molecule has 4 heteroatoms. The third kappa shape index (κ3) is 3.50. The first-order valence-corrected chi connectivity index (χ1v) is 7.46. The van der Waals surface area contributed by atoms with Crippen molar-refractivity contribution >= 4 is 49.1 Å². The highest BCUT2D eigenvalue weighted by molar-refractivity contribution is 9.10. The molecule has 1 nitrogen and oxygen atoms in total. The molecule has 2 aromatic rings. The van der Waals surface area contributed by atoms with Gasteiger partial charge in [-0.1, -0.05) is 39.7 Å². The Morgan fingerprint density at radius 1 is 1.06 bits per heavy atom. The van der Waals surface area contributed by atoms with Gasteiger partial charge in [-0.2, -0.15) is 0 Å². The van der Waals surface area contributed by atoms with Crippen molar-refractivity contribution < 1.29 is 0 Å². The quantitative estimate of drug-likeness (QED) is 0.701. The van der Waals surface area contributed by atoms with Gasteiger partial charge in [0, 0.05) is 21.2 Å². The average molecular weight is 390 g/mol. The minimum atomic E-state index is 0.711. The first kappa shape index (κ1) is 13.9. The van der Waals surface area contributed by atoms with Crippen LogP contribution < -0.4 is 5.32 Å². The molecule has 0 bridgehead atoms. The molecule has 1 N–H and O–H groups in total. The third-order valence-electron chi connectivity index (χ3n) is 2.61. The van der Waals surface area contributed by atoms with Crippen LogP contribution in [0.15, 0.2) is 45.3 Å². The van der Waals surface area contributed by atoms with Crippen LogP contribution in [0.25, 0.3) is 0 Å². The van der Waals surface area contributed by atoms with E-state index in [4.69, 9.17) is 11.6 Å². The molecule has 0 aromatic heterocycles. The van der Waals surface area contributed by atoms with Gasteiger partial charge in [-0.05, 0) is 58.2 Å². The van der Waals surface area contributed by atoms with E-state index in [1.54, 1.807) is 0 Å². The lowest BCUT2D eigenvalue weighted by atomic mass is 10.1. The molecule has 0 aliphatic rings. The van der Waals surface area contributed by atoms with Crippen LogP contribution in [0.1, 0.15) is 11.1 Å². The largest absolute Gasteiger partial charge is 0.381 e. The minimum Gasteiger partial charge on any atom is -0.381 e. The lowest BCUT2D eigenvalue weighted by Gasteiger charge is -2.09. The maximum Gasteiger partial charge on any atom is 0.0568 e. The highest BCUT2D eigenvalue weighted by Gasteiger charge is 2.02. The van der Waals surface area contributed by atoms with Crippen molar-refractivity contribution in [3.8, 4) is 0 Å². The lowest BCUT2D eigenvalue weighted by molar-refractivity contribution is 1.13. The summed E-state index contributed by atoms with van der Waals surface area (Å²) in [6, 6.07) is 12.2. The van der Waals surface area contributed by atoms with Gasteiger partial charge >= 0.3 is 0 Å². The second kappa shape index (κ2) is 6.09. The number of benzene rings is 2. The molecule has 94 valence electrons. The highest BCUT2D eigenvalue weighted by atomic mass is 79.9. The molecule has 0 saturated carbocycles.